The van der Waals surface area contributed by atoms with E-state index in [0.717, 1.165) is 64.3 Å². The summed E-state index contributed by atoms with van der Waals surface area (Å²) in [6.07, 6.45) is -2.00. The Hall–Kier alpha value is -1.73. The van der Waals surface area contributed by atoms with Crippen LogP contribution >= 0.6 is 0 Å². The Morgan fingerprint density at radius 2 is 1.74 bits per heavy atom. The smallest absolute Gasteiger partial charge is 0.475 e. The van der Waals surface area contributed by atoms with Gasteiger partial charge in [0.25, 0.3) is 0 Å². The molecule has 0 saturated carbocycles. The maximum atomic E-state index is 13.0. The molecule has 0 amide bonds. The van der Waals surface area contributed by atoms with Gasteiger partial charge in [0, 0.05) is 32.7 Å². The van der Waals surface area contributed by atoms with E-state index < -0.39 is 22.2 Å². The molecule has 0 radical (unpaired) electrons. The molecule has 1 N–H and O–H groups in total. The first-order valence-corrected chi connectivity index (χ1v) is 12.6. The van der Waals surface area contributed by atoms with Crippen molar-refractivity contribution in [3.8, 4) is 0 Å². The maximum absolute atomic E-state index is 13.0. The molecule has 0 aliphatic carbocycles. The van der Waals surface area contributed by atoms with Gasteiger partial charge in [-0.15, -0.1) is 0 Å². The Morgan fingerprint density at radius 3 is 2.29 bits per heavy atom. The summed E-state index contributed by atoms with van der Waals surface area (Å²) >= 11 is 0. The van der Waals surface area contributed by atoms with Crippen LogP contribution in [0.3, 0.4) is 0 Å². The van der Waals surface area contributed by atoms with Crippen molar-refractivity contribution < 1.29 is 41.0 Å². The highest BCUT2D eigenvalue weighted by molar-refractivity contribution is 7.89. The van der Waals surface area contributed by atoms with Crippen molar-refractivity contribution in [2.24, 2.45) is 5.41 Å². The van der Waals surface area contributed by atoms with Crippen molar-refractivity contribution in [2.45, 2.75) is 43.4 Å². The molecule has 12 heteroatoms. The third-order valence-corrected chi connectivity index (χ3v) is 8.65. The van der Waals surface area contributed by atoms with Crippen molar-refractivity contribution in [1.29, 1.82) is 0 Å². The summed E-state index contributed by atoms with van der Waals surface area (Å²) in [4.78, 5) is 11.8. The van der Waals surface area contributed by atoms with Crippen LogP contribution in [0.4, 0.5) is 13.2 Å². The predicted molar refractivity (Wildman–Crippen MR) is 117 cm³/mol. The number of ether oxygens (including phenoxy) is 2. The van der Waals surface area contributed by atoms with Crippen LogP contribution < -0.4 is 0 Å². The molecule has 1 aromatic rings. The van der Waals surface area contributed by atoms with E-state index in [2.05, 4.69) is 4.90 Å². The van der Waals surface area contributed by atoms with Crippen molar-refractivity contribution in [3.05, 3.63) is 29.8 Å². The van der Waals surface area contributed by atoms with E-state index in [-0.39, 0.29) is 11.5 Å². The minimum atomic E-state index is -5.08. The number of halogens is 3. The topological polar surface area (TPSA) is 96.4 Å². The molecule has 3 aliphatic heterocycles. The van der Waals surface area contributed by atoms with Gasteiger partial charge in [0.2, 0.25) is 10.0 Å². The van der Waals surface area contributed by atoms with Crippen LogP contribution in [-0.4, -0.2) is 93.5 Å². The van der Waals surface area contributed by atoms with Crippen molar-refractivity contribution in [1.82, 2.24) is 9.21 Å². The van der Waals surface area contributed by atoms with E-state index in [1.54, 1.807) is 16.4 Å². The number of benzene rings is 1. The van der Waals surface area contributed by atoms with Crippen LogP contribution in [0.15, 0.2) is 29.2 Å². The zero-order chi connectivity index (χ0) is 25.0. The number of piperidine rings is 1. The summed E-state index contributed by atoms with van der Waals surface area (Å²) in [7, 11) is -3.40. The average molecular weight is 509 g/mol. The second kappa shape index (κ2) is 10.9. The second-order valence-electron chi connectivity index (χ2n) is 9.02. The maximum Gasteiger partial charge on any atom is 0.490 e. The third kappa shape index (κ3) is 6.69. The molecular formula is C22H31F3N2O6S. The Labute approximate surface area is 197 Å². The molecule has 0 bridgehead atoms. The normalized spacial score (nSPS) is 23.9. The lowest BCUT2D eigenvalue weighted by Crippen LogP contribution is -2.44. The standard InChI is InChI=1S/C20H30N2O4S.C2HF3O2/c1-17-4-2-3-5-19(17)27(23,24)22-8-6-20(7-9-22)14-18(26-16-20)15-21-10-12-25-13-11-21;3-2(4,5)1(6)7/h2-5,18H,6-16H2,1H3;(H,6,7). The van der Waals surface area contributed by atoms with Gasteiger partial charge in [-0.1, -0.05) is 18.2 Å². The van der Waals surface area contributed by atoms with Crippen LogP contribution in [0.2, 0.25) is 0 Å². The summed E-state index contributed by atoms with van der Waals surface area (Å²) < 4.78 is 71.0. The fourth-order valence-corrected chi connectivity index (χ4v) is 6.29. The number of carboxylic acids is 1. The Kier molecular flexibility index (Phi) is 8.61. The van der Waals surface area contributed by atoms with Crippen LogP contribution in [0.5, 0.6) is 0 Å². The third-order valence-electron chi connectivity index (χ3n) is 6.59. The van der Waals surface area contributed by atoms with E-state index in [9.17, 15) is 21.6 Å². The van der Waals surface area contributed by atoms with E-state index in [0.29, 0.717) is 18.0 Å². The first-order valence-electron chi connectivity index (χ1n) is 11.2. The summed E-state index contributed by atoms with van der Waals surface area (Å²) in [5.41, 5.74) is 0.960. The van der Waals surface area contributed by atoms with E-state index in [1.165, 1.54) is 0 Å². The van der Waals surface area contributed by atoms with Gasteiger partial charge in [0.15, 0.2) is 0 Å². The molecule has 3 heterocycles. The van der Waals surface area contributed by atoms with E-state index >= 15 is 0 Å². The van der Waals surface area contributed by atoms with Crippen LogP contribution in [-0.2, 0) is 24.3 Å². The molecule has 34 heavy (non-hydrogen) atoms. The highest BCUT2D eigenvalue weighted by atomic mass is 32.2. The Bertz CT molecular complexity index is 942. The number of carbonyl (C=O) groups is 1. The van der Waals surface area contributed by atoms with Crippen molar-refractivity contribution in [3.63, 3.8) is 0 Å². The zero-order valence-corrected chi connectivity index (χ0v) is 19.9. The average Bonchev–Trinajstić information content (AvgIpc) is 3.16. The van der Waals surface area contributed by atoms with Crippen molar-refractivity contribution in [2.75, 3.05) is 52.5 Å². The fraction of sp³-hybridized carbons (Fsp3) is 0.682. The molecule has 3 aliphatic rings. The molecule has 4 rings (SSSR count). The van der Waals surface area contributed by atoms with E-state index in [1.807, 2.05) is 19.1 Å². The van der Waals surface area contributed by atoms with Crippen LogP contribution in [0, 0.1) is 12.3 Å². The summed E-state index contributed by atoms with van der Waals surface area (Å²) in [5, 5.41) is 7.12. The second-order valence-corrected chi connectivity index (χ2v) is 10.9. The molecule has 8 nitrogen and oxygen atoms in total. The van der Waals surface area contributed by atoms with Gasteiger partial charge in [0.05, 0.1) is 30.8 Å². The van der Waals surface area contributed by atoms with Gasteiger partial charge in [-0.2, -0.15) is 17.5 Å². The number of sulfonamides is 1. The lowest BCUT2D eigenvalue weighted by molar-refractivity contribution is -0.192. The number of morpholine rings is 1. The first kappa shape index (κ1) is 26.9. The lowest BCUT2D eigenvalue weighted by Gasteiger charge is -2.38. The number of aliphatic carboxylic acids is 1. The summed E-state index contributed by atoms with van der Waals surface area (Å²) in [6.45, 7) is 8.35. The largest absolute Gasteiger partial charge is 0.490 e. The monoisotopic (exact) mass is 508 g/mol. The molecule has 1 spiro atoms. The van der Waals surface area contributed by atoms with Gasteiger partial charge in [-0.05, 0) is 43.2 Å². The number of alkyl halides is 3. The van der Waals surface area contributed by atoms with Crippen LogP contribution in [0.25, 0.3) is 0 Å². The number of rotatable bonds is 4. The number of hydrogen-bond donors (Lipinski definition) is 1. The van der Waals surface area contributed by atoms with Gasteiger partial charge in [-0.3, -0.25) is 4.90 Å². The minimum Gasteiger partial charge on any atom is -0.475 e. The molecule has 0 aromatic heterocycles. The van der Waals surface area contributed by atoms with Crippen molar-refractivity contribution >= 4 is 16.0 Å². The SMILES string of the molecule is Cc1ccccc1S(=O)(=O)N1CCC2(CC1)COC(CN1CCOCC1)C2.O=C(O)C(F)(F)F. The molecular weight excluding hydrogens is 477 g/mol. The predicted octanol–water partition coefficient (Wildman–Crippen LogP) is 2.52. The molecule has 3 fully saturated rings. The molecule has 1 aromatic carbocycles. The van der Waals surface area contributed by atoms with E-state index in [4.69, 9.17) is 19.4 Å². The Balaban J connectivity index is 0.000000406. The highest BCUT2D eigenvalue weighted by Crippen LogP contribution is 2.43. The molecule has 1 atom stereocenters. The van der Waals surface area contributed by atoms with Gasteiger partial charge < -0.3 is 14.6 Å². The van der Waals surface area contributed by atoms with Gasteiger partial charge >= 0.3 is 12.1 Å². The quantitative estimate of drug-likeness (QED) is 0.668. The number of hydrogen-bond acceptors (Lipinski definition) is 6. The number of aryl methyl sites for hydroxylation is 1. The Morgan fingerprint density at radius 1 is 1.15 bits per heavy atom. The summed E-state index contributed by atoms with van der Waals surface area (Å²) in [6, 6.07) is 7.25. The summed E-state index contributed by atoms with van der Waals surface area (Å²) in [5.74, 6) is -2.76. The molecule has 3 saturated heterocycles. The van der Waals surface area contributed by atoms with Gasteiger partial charge in [-0.25, -0.2) is 13.2 Å². The lowest BCUT2D eigenvalue weighted by atomic mass is 9.77. The zero-order valence-electron chi connectivity index (χ0n) is 19.1. The number of nitrogens with zero attached hydrogens (tertiary/aromatic N) is 2. The molecule has 192 valence electrons. The molecule has 1 unspecified atom stereocenters. The first-order chi connectivity index (χ1) is 15.9. The minimum absolute atomic E-state index is 0.148. The van der Waals surface area contributed by atoms with Crippen LogP contribution in [0.1, 0.15) is 24.8 Å². The highest BCUT2D eigenvalue weighted by Gasteiger charge is 2.45. The fourth-order valence-electron chi connectivity index (χ4n) is 4.62. The number of carboxylic acid groups (broad SMARTS) is 1. The van der Waals surface area contributed by atoms with Gasteiger partial charge in [0.1, 0.15) is 0 Å².